The Kier molecular flexibility index (Phi) is 4.58. The number of likely N-dealkylation sites (tertiary alicyclic amines) is 1. The average molecular weight is 341 g/mol. The molecule has 1 aliphatic rings. The molecular weight excluding hydrogens is 314 g/mol. The van der Waals surface area contributed by atoms with Gasteiger partial charge in [0.2, 0.25) is 0 Å². The lowest BCUT2D eigenvalue weighted by Gasteiger charge is -2.28. The van der Waals surface area contributed by atoms with Gasteiger partial charge in [0.1, 0.15) is 5.60 Å². The number of hydrogen-bond donors (Lipinski definition) is 0. The summed E-state index contributed by atoms with van der Waals surface area (Å²) >= 11 is 0. The van der Waals surface area contributed by atoms with E-state index in [0.29, 0.717) is 6.54 Å². The molecule has 5 nitrogen and oxygen atoms in total. The summed E-state index contributed by atoms with van der Waals surface area (Å²) < 4.78 is 5.48. The number of aryl methyl sites for hydroxylation is 1. The maximum absolute atomic E-state index is 12.3. The van der Waals surface area contributed by atoms with Gasteiger partial charge < -0.3 is 14.5 Å². The van der Waals surface area contributed by atoms with Crippen LogP contribution >= 0.6 is 0 Å². The smallest absolute Gasteiger partial charge is 0.410 e. The molecule has 0 unspecified atom stereocenters. The fourth-order valence-electron chi connectivity index (χ4n) is 3.19. The Morgan fingerprint density at radius 3 is 2.80 bits per heavy atom. The number of amides is 1. The largest absolute Gasteiger partial charge is 0.444 e. The van der Waals surface area contributed by atoms with Crippen LogP contribution in [0.5, 0.6) is 0 Å². The first-order valence-electron chi connectivity index (χ1n) is 8.80. The van der Waals surface area contributed by atoms with E-state index in [4.69, 9.17) is 4.74 Å². The van der Waals surface area contributed by atoms with Gasteiger partial charge in [-0.15, -0.1) is 0 Å². The zero-order valence-corrected chi connectivity index (χ0v) is 15.7. The molecule has 0 N–H and O–H groups in total. The lowest BCUT2D eigenvalue weighted by Crippen LogP contribution is -2.39. The van der Waals surface area contributed by atoms with Crippen LogP contribution in [-0.2, 0) is 4.74 Å². The van der Waals surface area contributed by atoms with Crippen LogP contribution in [0.3, 0.4) is 0 Å². The lowest BCUT2D eigenvalue weighted by atomic mass is 10.1. The van der Waals surface area contributed by atoms with Gasteiger partial charge in [-0.05, 0) is 52.3 Å². The van der Waals surface area contributed by atoms with Crippen molar-refractivity contribution in [2.24, 2.45) is 0 Å². The topological polar surface area (TPSA) is 45.7 Å². The van der Waals surface area contributed by atoms with E-state index in [2.05, 4.69) is 42.1 Å². The molecular formula is C20H27N3O2. The third kappa shape index (κ3) is 4.03. The summed E-state index contributed by atoms with van der Waals surface area (Å²) in [5.41, 5.74) is 2.85. The van der Waals surface area contributed by atoms with Gasteiger partial charge in [-0.25, -0.2) is 4.79 Å². The van der Waals surface area contributed by atoms with Gasteiger partial charge in [-0.3, -0.25) is 4.98 Å². The molecule has 1 amide bonds. The predicted octanol–water partition coefficient (Wildman–Crippen LogP) is 3.99. The standard InChI is InChI=1S/C20H27N3O2/c1-14-6-7-18-15(10-14)11-17(12-21-18)22(5)16-8-9-23(13-16)19(24)25-20(2,3)4/h6-7,10-12,16H,8-9,13H2,1-5H3/t16-/m0/s1. The van der Waals surface area contributed by atoms with Gasteiger partial charge in [0.25, 0.3) is 0 Å². The van der Waals surface area contributed by atoms with Gasteiger partial charge >= 0.3 is 6.09 Å². The molecule has 2 heterocycles. The molecule has 2 aromatic rings. The number of fused-ring (bicyclic) bond motifs is 1. The van der Waals surface area contributed by atoms with E-state index < -0.39 is 5.60 Å². The first-order valence-corrected chi connectivity index (χ1v) is 8.80. The maximum atomic E-state index is 12.3. The summed E-state index contributed by atoms with van der Waals surface area (Å²) in [6, 6.07) is 8.73. The number of carbonyl (C=O) groups excluding carboxylic acids is 1. The zero-order chi connectivity index (χ0) is 18.2. The summed E-state index contributed by atoms with van der Waals surface area (Å²) in [5.74, 6) is 0. The Hall–Kier alpha value is -2.30. The number of aromatic nitrogens is 1. The van der Waals surface area contributed by atoms with Crippen molar-refractivity contribution >= 4 is 22.7 Å². The molecule has 134 valence electrons. The van der Waals surface area contributed by atoms with E-state index in [0.717, 1.165) is 29.6 Å². The highest BCUT2D eigenvalue weighted by Crippen LogP contribution is 2.25. The van der Waals surface area contributed by atoms with E-state index in [-0.39, 0.29) is 12.1 Å². The van der Waals surface area contributed by atoms with Crippen LogP contribution in [0.4, 0.5) is 10.5 Å². The van der Waals surface area contributed by atoms with Crippen LogP contribution in [0.1, 0.15) is 32.8 Å². The SMILES string of the molecule is Cc1ccc2ncc(N(C)[C@H]3CCN(C(=O)OC(C)(C)C)C3)cc2c1. The van der Waals surface area contributed by atoms with E-state index in [1.165, 1.54) is 5.56 Å². The van der Waals surface area contributed by atoms with Crippen molar-refractivity contribution in [3.63, 3.8) is 0 Å². The van der Waals surface area contributed by atoms with Crippen LogP contribution in [-0.4, -0.2) is 47.8 Å². The minimum Gasteiger partial charge on any atom is -0.444 e. The summed E-state index contributed by atoms with van der Waals surface area (Å²) in [4.78, 5) is 20.8. The van der Waals surface area contributed by atoms with Crippen molar-refractivity contribution in [1.82, 2.24) is 9.88 Å². The van der Waals surface area contributed by atoms with Crippen molar-refractivity contribution in [3.8, 4) is 0 Å². The van der Waals surface area contributed by atoms with Gasteiger partial charge in [0, 0.05) is 31.6 Å². The Balaban J connectivity index is 1.71. The quantitative estimate of drug-likeness (QED) is 0.828. The van der Waals surface area contributed by atoms with Crippen LogP contribution in [0.15, 0.2) is 30.5 Å². The number of likely N-dealkylation sites (N-methyl/N-ethyl adjacent to an activating group) is 1. The second-order valence-electron chi connectivity index (χ2n) is 7.87. The lowest BCUT2D eigenvalue weighted by molar-refractivity contribution is 0.0292. The van der Waals surface area contributed by atoms with Gasteiger partial charge in [0.15, 0.2) is 0 Å². The fourth-order valence-corrected chi connectivity index (χ4v) is 3.19. The maximum Gasteiger partial charge on any atom is 0.410 e. The fraction of sp³-hybridized carbons (Fsp3) is 0.500. The van der Waals surface area contributed by atoms with Crippen molar-refractivity contribution < 1.29 is 9.53 Å². The molecule has 0 spiro atoms. The second kappa shape index (κ2) is 6.54. The number of pyridine rings is 1. The molecule has 1 aromatic carbocycles. The number of anilines is 1. The van der Waals surface area contributed by atoms with Crippen LogP contribution in [0, 0.1) is 6.92 Å². The Morgan fingerprint density at radius 1 is 1.32 bits per heavy atom. The first-order chi connectivity index (χ1) is 11.7. The monoisotopic (exact) mass is 341 g/mol. The summed E-state index contributed by atoms with van der Waals surface area (Å²) in [5, 5.41) is 1.14. The van der Waals surface area contributed by atoms with E-state index in [1.807, 2.05) is 33.0 Å². The number of rotatable bonds is 2. The number of hydrogen-bond acceptors (Lipinski definition) is 4. The third-order valence-electron chi connectivity index (χ3n) is 4.59. The Bertz CT molecular complexity index is 782. The number of ether oxygens (including phenoxy) is 1. The van der Waals surface area contributed by atoms with Crippen LogP contribution in [0.2, 0.25) is 0 Å². The number of carbonyl (C=O) groups is 1. The zero-order valence-electron chi connectivity index (χ0n) is 15.7. The molecule has 0 saturated carbocycles. The highest BCUT2D eigenvalue weighted by molar-refractivity contribution is 5.82. The minimum absolute atomic E-state index is 0.226. The van der Waals surface area contributed by atoms with Gasteiger partial charge in [-0.1, -0.05) is 11.6 Å². The highest BCUT2D eigenvalue weighted by Gasteiger charge is 2.31. The number of benzene rings is 1. The van der Waals surface area contributed by atoms with Crippen molar-refractivity contribution in [3.05, 3.63) is 36.0 Å². The summed E-state index contributed by atoms with van der Waals surface area (Å²) in [7, 11) is 2.07. The molecule has 1 aromatic heterocycles. The predicted molar refractivity (Wildman–Crippen MR) is 101 cm³/mol. The molecule has 1 atom stereocenters. The van der Waals surface area contributed by atoms with Gasteiger partial charge in [-0.2, -0.15) is 0 Å². The molecule has 0 bridgehead atoms. The van der Waals surface area contributed by atoms with Gasteiger partial charge in [0.05, 0.1) is 17.4 Å². The summed E-state index contributed by atoms with van der Waals surface area (Å²) in [6.07, 6.45) is 2.62. The third-order valence-corrected chi connectivity index (χ3v) is 4.59. The van der Waals surface area contributed by atoms with Crippen molar-refractivity contribution in [1.29, 1.82) is 0 Å². The number of nitrogens with zero attached hydrogens (tertiary/aromatic N) is 3. The minimum atomic E-state index is -0.457. The van der Waals surface area contributed by atoms with Crippen LogP contribution < -0.4 is 4.90 Å². The first kappa shape index (κ1) is 17.5. The average Bonchev–Trinajstić information content (AvgIpc) is 3.02. The van der Waals surface area contributed by atoms with Crippen molar-refractivity contribution in [2.45, 2.75) is 45.8 Å². The molecule has 0 radical (unpaired) electrons. The molecule has 1 fully saturated rings. The van der Waals surface area contributed by atoms with Crippen LogP contribution in [0.25, 0.3) is 10.9 Å². The van der Waals surface area contributed by atoms with E-state index in [1.54, 1.807) is 4.90 Å². The van der Waals surface area contributed by atoms with E-state index in [9.17, 15) is 4.79 Å². The van der Waals surface area contributed by atoms with Crippen molar-refractivity contribution in [2.75, 3.05) is 25.0 Å². The molecule has 25 heavy (non-hydrogen) atoms. The summed E-state index contributed by atoms with van der Waals surface area (Å²) in [6.45, 7) is 9.18. The molecule has 5 heteroatoms. The second-order valence-corrected chi connectivity index (χ2v) is 7.87. The Morgan fingerprint density at radius 2 is 2.08 bits per heavy atom. The Labute approximate surface area is 149 Å². The molecule has 1 aliphatic heterocycles. The molecule has 3 rings (SSSR count). The molecule has 1 saturated heterocycles. The normalized spacial score (nSPS) is 17.8. The highest BCUT2D eigenvalue weighted by atomic mass is 16.6. The molecule has 0 aliphatic carbocycles. The van der Waals surface area contributed by atoms with E-state index >= 15 is 0 Å².